The van der Waals surface area contributed by atoms with Gasteiger partial charge < -0.3 is 10.1 Å². The van der Waals surface area contributed by atoms with Crippen LogP contribution in [0.4, 0.5) is 0 Å². The van der Waals surface area contributed by atoms with Crippen molar-refractivity contribution >= 4 is 0 Å². The van der Waals surface area contributed by atoms with Gasteiger partial charge in [0, 0.05) is 13.2 Å². The lowest BCUT2D eigenvalue weighted by molar-refractivity contribution is 0.0621. The van der Waals surface area contributed by atoms with Crippen LogP contribution in [0.15, 0.2) is 0 Å². The van der Waals surface area contributed by atoms with Crippen molar-refractivity contribution in [3.8, 4) is 0 Å². The lowest BCUT2D eigenvalue weighted by Gasteiger charge is -2.23. The summed E-state index contributed by atoms with van der Waals surface area (Å²) in [7, 11) is 2.03. The lowest BCUT2D eigenvalue weighted by Crippen LogP contribution is -2.19. The van der Waals surface area contributed by atoms with Gasteiger partial charge in [-0.3, -0.25) is 0 Å². The average molecular weight is 185 g/mol. The summed E-state index contributed by atoms with van der Waals surface area (Å²) in [5.74, 6) is 1.76. The minimum Gasteiger partial charge on any atom is -0.381 e. The zero-order valence-corrected chi connectivity index (χ0v) is 9.01. The molecule has 0 aliphatic carbocycles. The summed E-state index contributed by atoms with van der Waals surface area (Å²) in [6.07, 6.45) is 5.33. The smallest absolute Gasteiger partial charge is 0.0468 e. The molecule has 1 atom stereocenters. The van der Waals surface area contributed by atoms with Crippen LogP contribution in [0.1, 0.15) is 32.6 Å². The van der Waals surface area contributed by atoms with Gasteiger partial charge in [-0.05, 0) is 51.1 Å². The first-order valence-corrected chi connectivity index (χ1v) is 5.55. The summed E-state index contributed by atoms with van der Waals surface area (Å²) in [4.78, 5) is 0. The van der Waals surface area contributed by atoms with Crippen LogP contribution in [0, 0.1) is 11.8 Å². The van der Waals surface area contributed by atoms with Gasteiger partial charge in [0.15, 0.2) is 0 Å². The van der Waals surface area contributed by atoms with Crippen molar-refractivity contribution in [3.63, 3.8) is 0 Å². The minimum absolute atomic E-state index is 0.827. The highest BCUT2D eigenvalue weighted by atomic mass is 16.5. The van der Waals surface area contributed by atoms with E-state index in [2.05, 4.69) is 12.2 Å². The van der Waals surface area contributed by atoms with E-state index >= 15 is 0 Å². The molecular formula is C11H23NO. The molecule has 1 fully saturated rings. The van der Waals surface area contributed by atoms with E-state index in [9.17, 15) is 0 Å². The molecule has 1 aliphatic rings. The van der Waals surface area contributed by atoms with Crippen molar-refractivity contribution in [1.29, 1.82) is 0 Å². The Balaban J connectivity index is 2.03. The Labute approximate surface area is 82.0 Å². The summed E-state index contributed by atoms with van der Waals surface area (Å²) in [5, 5.41) is 3.23. The summed E-state index contributed by atoms with van der Waals surface area (Å²) < 4.78 is 5.34. The van der Waals surface area contributed by atoms with Crippen molar-refractivity contribution in [2.75, 3.05) is 26.8 Å². The van der Waals surface area contributed by atoms with E-state index in [1.165, 1.54) is 25.7 Å². The number of hydrogen-bond acceptors (Lipinski definition) is 2. The second-order valence-corrected chi connectivity index (χ2v) is 4.30. The maximum absolute atomic E-state index is 5.34. The van der Waals surface area contributed by atoms with Gasteiger partial charge >= 0.3 is 0 Å². The number of ether oxygens (including phenoxy) is 1. The molecule has 0 spiro atoms. The molecule has 1 N–H and O–H groups in total. The Bertz CT molecular complexity index is 121. The van der Waals surface area contributed by atoms with E-state index in [0.717, 1.165) is 31.6 Å². The predicted molar refractivity (Wildman–Crippen MR) is 55.9 cm³/mol. The maximum Gasteiger partial charge on any atom is 0.0468 e. The van der Waals surface area contributed by atoms with Crippen molar-refractivity contribution in [2.24, 2.45) is 11.8 Å². The Kier molecular flexibility index (Phi) is 5.40. The first-order valence-electron chi connectivity index (χ1n) is 5.55. The quantitative estimate of drug-likeness (QED) is 0.708. The van der Waals surface area contributed by atoms with Gasteiger partial charge in [-0.15, -0.1) is 0 Å². The molecule has 0 aromatic rings. The van der Waals surface area contributed by atoms with E-state index in [0.29, 0.717) is 0 Å². The SMILES string of the molecule is CNCC(C)CCC1CCOCC1. The second-order valence-electron chi connectivity index (χ2n) is 4.30. The van der Waals surface area contributed by atoms with Gasteiger partial charge in [-0.1, -0.05) is 6.92 Å². The van der Waals surface area contributed by atoms with E-state index in [1.54, 1.807) is 0 Å². The van der Waals surface area contributed by atoms with Gasteiger partial charge in [0.2, 0.25) is 0 Å². The van der Waals surface area contributed by atoms with Crippen molar-refractivity contribution in [3.05, 3.63) is 0 Å². The van der Waals surface area contributed by atoms with E-state index < -0.39 is 0 Å². The standard InChI is InChI=1S/C11H23NO/c1-10(9-12-2)3-4-11-5-7-13-8-6-11/h10-12H,3-9H2,1-2H3. The predicted octanol–water partition coefficient (Wildman–Crippen LogP) is 2.05. The molecule has 1 unspecified atom stereocenters. The third-order valence-corrected chi connectivity index (χ3v) is 2.96. The maximum atomic E-state index is 5.34. The van der Waals surface area contributed by atoms with Crippen LogP contribution in [-0.2, 0) is 4.74 Å². The third kappa shape index (κ3) is 4.63. The molecule has 0 radical (unpaired) electrons. The van der Waals surface area contributed by atoms with Gasteiger partial charge in [0.25, 0.3) is 0 Å². The molecule has 1 rings (SSSR count). The first-order chi connectivity index (χ1) is 6.33. The highest BCUT2D eigenvalue weighted by Gasteiger charge is 2.14. The Morgan fingerprint density at radius 1 is 1.38 bits per heavy atom. The fraction of sp³-hybridized carbons (Fsp3) is 1.00. The molecular weight excluding hydrogens is 162 g/mol. The van der Waals surface area contributed by atoms with Crippen molar-refractivity contribution in [1.82, 2.24) is 5.32 Å². The fourth-order valence-electron chi connectivity index (χ4n) is 2.01. The summed E-state index contributed by atoms with van der Waals surface area (Å²) in [5.41, 5.74) is 0. The Hall–Kier alpha value is -0.0800. The molecule has 1 saturated heterocycles. The first kappa shape index (κ1) is 11.0. The molecule has 0 aromatic carbocycles. The average Bonchev–Trinajstić information content (AvgIpc) is 2.17. The molecule has 0 saturated carbocycles. The zero-order valence-electron chi connectivity index (χ0n) is 9.01. The van der Waals surface area contributed by atoms with Crippen LogP contribution in [0.25, 0.3) is 0 Å². The molecule has 1 aliphatic heterocycles. The van der Waals surface area contributed by atoms with Crippen molar-refractivity contribution in [2.45, 2.75) is 32.6 Å². The molecule has 0 amide bonds. The van der Waals surface area contributed by atoms with E-state index in [-0.39, 0.29) is 0 Å². The monoisotopic (exact) mass is 185 g/mol. The highest BCUT2D eigenvalue weighted by Crippen LogP contribution is 2.22. The van der Waals surface area contributed by atoms with Crippen LogP contribution in [-0.4, -0.2) is 26.8 Å². The summed E-state index contributed by atoms with van der Waals surface area (Å²) in [6, 6.07) is 0. The van der Waals surface area contributed by atoms with Gasteiger partial charge in [0.05, 0.1) is 0 Å². The molecule has 0 aromatic heterocycles. The molecule has 1 heterocycles. The molecule has 2 nitrogen and oxygen atoms in total. The number of rotatable bonds is 5. The highest BCUT2D eigenvalue weighted by molar-refractivity contribution is 4.65. The van der Waals surface area contributed by atoms with Crippen LogP contribution in [0.5, 0.6) is 0 Å². The topological polar surface area (TPSA) is 21.3 Å². The van der Waals surface area contributed by atoms with Crippen molar-refractivity contribution < 1.29 is 4.74 Å². The summed E-state index contributed by atoms with van der Waals surface area (Å²) >= 11 is 0. The number of hydrogen-bond donors (Lipinski definition) is 1. The van der Waals surface area contributed by atoms with Gasteiger partial charge in [0.1, 0.15) is 0 Å². The normalized spacial score (nSPS) is 21.7. The van der Waals surface area contributed by atoms with Crippen LogP contribution in [0.3, 0.4) is 0 Å². The van der Waals surface area contributed by atoms with Gasteiger partial charge in [-0.2, -0.15) is 0 Å². The third-order valence-electron chi connectivity index (χ3n) is 2.96. The lowest BCUT2D eigenvalue weighted by atomic mass is 9.91. The minimum atomic E-state index is 0.827. The van der Waals surface area contributed by atoms with Crippen LogP contribution in [0.2, 0.25) is 0 Å². The summed E-state index contributed by atoms with van der Waals surface area (Å²) in [6.45, 7) is 5.47. The number of nitrogens with one attached hydrogen (secondary N) is 1. The zero-order chi connectivity index (χ0) is 9.52. The molecule has 78 valence electrons. The largest absolute Gasteiger partial charge is 0.381 e. The van der Waals surface area contributed by atoms with Crippen LogP contribution < -0.4 is 5.32 Å². The van der Waals surface area contributed by atoms with Gasteiger partial charge in [-0.25, -0.2) is 0 Å². The molecule has 0 bridgehead atoms. The van der Waals surface area contributed by atoms with Crippen LogP contribution >= 0.6 is 0 Å². The Morgan fingerprint density at radius 3 is 2.69 bits per heavy atom. The molecule has 13 heavy (non-hydrogen) atoms. The van der Waals surface area contributed by atoms with E-state index in [4.69, 9.17) is 4.74 Å². The molecule has 2 heteroatoms. The fourth-order valence-corrected chi connectivity index (χ4v) is 2.01. The second kappa shape index (κ2) is 6.39. The van der Waals surface area contributed by atoms with E-state index in [1.807, 2.05) is 7.05 Å². The Morgan fingerprint density at radius 2 is 2.08 bits per heavy atom.